The number of hydrogen-bond donors (Lipinski definition) is 3. The van der Waals surface area contributed by atoms with Crippen molar-refractivity contribution in [2.75, 3.05) is 5.32 Å². The Morgan fingerprint density at radius 1 is 1.30 bits per heavy atom. The van der Waals surface area contributed by atoms with Gasteiger partial charge in [-0.2, -0.15) is 0 Å². The van der Waals surface area contributed by atoms with Crippen LogP contribution in [0.2, 0.25) is 0 Å². The van der Waals surface area contributed by atoms with E-state index in [0.717, 1.165) is 4.88 Å². The SMILES string of the molecule is N/C(=N/O)[C@H](Cc1cccs1)C(=O)Nc1ccccc1. The molecule has 5 nitrogen and oxygen atoms in total. The Bertz CT molecular complexity index is 582. The molecule has 0 unspecified atom stereocenters. The minimum Gasteiger partial charge on any atom is -0.409 e. The number of amides is 1. The van der Waals surface area contributed by atoms with Gasteiger partial charge in [0.1, 0.15) is 5.92 Å². The van der Waals surface area contributed by atoms with Crippen molar-refractivity contribution < 1.29 is 10.0 Å². The molecule has 0 aliphatic rings. The third-order valence-corrected chi connectivity index (χ3v) is 3.71. The number of thiophene rings is 1. The van der Waals surface area contributed by atoms with E-state index in [1.165, 1.54) is 11.3 Å². The fraction of sp³-hybridized carbons (Fsp3) is 0.143. The molecule has 2 aromatic rings. The van der Waals surface area contributed by atoms with Crippen LogP contribution in [0.1, 0.15) is 4.88 Å². The van der Waals surface area contributed by atoms with Gasteiger partial charge in [-0.1, -0.05) is 29.4 Å². The van der Waals surface area contributed by atoms with Crippen molar-refractivity contribution in [3.05, 3.63) is 52.7 Å². The molecule has 6 heteroatoms. The maximum absolute atomic E-state index is 12.3. The van der Waals surface area contributed by atoms with Crippen molar-refractivity contribution in [2.24, 2.45) is 16.8 Å². The third-order valence-electron chi connectivity index (χ3n) is 2.82. The number of benzene rings is 1. The van der Waals surface area contributed by atoms with Gasteiger partial charge >= 0.3 is 0 Å². The zero-order valence-electron chi connectivity index (χ0n) is 10.7. The molecule has 0 fully saturated rings. The molecule has 2 rings (SSSR count). The summed E-state index contributed by atoms with van der Waals surface area (Å²) in [4.78, 5) is 13.3. The molecule has 1 aromatic carbocycles. The van der Waals surface area contributed by atoms with E-state index in [4.69, 9.17) is 10.9 Å². The van der Waals surface area contributed by atoms with Crippen LogP contribution >= 0.6 is 11.3 Å². The molecule has 1 atom stereocenters. The number of hydrogen-bond acceptors (Lipinski definition) is 4. The van der Waals surface area contributed by atoms with Crippen molar-refractivity contribution in [2.45, 2.75) is 6.42 Å². The minimum absolute atomic E-state index is 0.0909. The van der Waals surface area contributed by atoms with Crippen LogP contribution in [0, 0.1) is 5.92 Å². The lowest BCUT2D eigenvalue weighted by Crippen LogP contribution is -2.36. The number of amidine groups is 1. The largest absolute Gasteiger partial charge is 0.409 e. The number of anilines is 1. The first-order valence-corrected chi connectivity index (χ1v) is 6.94. The van der Waals surface area contributed by atoms with Gasteiger partial charge in [0.05, 0.1) is 0 Å². The Kier molecular flexibility index (Phi) is 4.73. The number of carbonyl (C=O) groups excluding carboxylic acids is 1. The van der Waals surface area contributed by atoms with Crippen LogP contribution in [-0.4, -0.2) is 17.0 Å². The summed E-state index contributed by atoms with van der Waals surface area (Å²) >= 11 is 1.53. The highest BCUT2D eigenvalue weighted by Crippen LogP contribution is 2.17. The van der Waals surface area contributed by atoms with E-state index in [-0.39, 0.29) is 11.7 Å². The smallest absolute Gasteiger partial charge is 0.235 e. The Hall–Kier alpha value is -2.34. The van der Waals surface area contributed by atoms with Crippen LogP contribution in [0.5, 0.6) is 0 Å². The maximum Gasteiger partial charge on any atom is 0.235 e. The molecule has 0 radical (unpaired) electrons. The molecule has 104 valence electrons. The predicted octanol–water partition coefficient (Wildman–Crippen LogP) is 2.29. The van der Waals surface area contributed by atoms with Gasteiger partial charge in [0.25, 0.3) is 0 Å². The Balaban J connectivity index is 2.12. The van der Waals surface area contributed by atoms with Gasteiger partial charge in [0.15, 0.2) is 5.84 Å². The molecule has 1 aromatic heterocycles. The van der Waals surface area contributed by atoms with Crippen LogP contribution in [0.15, 0.2) is 53.0 Å². The normalized spacial score (nSPS) is 12.9. The standard InChI is InChI=1S/C14H15N3O2S/c15-13(17-19)12(9-11-7-4-8-20-11)14(18)16-10-5-2-1-3-6-10/h1-8,12,19H,9H2,(H2,15,17)(H,16,18)/t12-/m0/s1. The summed E-state index contributed by atoms with van der Waals surface area (Å²) in [5, 5.41) is 16.5. The van der Waals surface area contributed by atoms with Crippen molar-refractivity contribution in [1.82, 2.24) is 0 Å². The number of rotatable bonds is 5. The van der Waals surface area contributed by atoms with Crippen LogP contribution in [-0.2, 0) is 11.2 Å². The van der Waals surface area contributed by atoms with E-state index in [2.05, 4.69) is 10.5 Å². The first-order chi connectivity index (χ1) is 9.70. The fourth-order valence-corrected chi connectivity index (χ4v) is 2.53. The molecular formula is C14H15N3O2S. The molecule has 0 aliphatic heterocycles. The molecule has 0 spiro atoms. The van der Waals surface area contributed by atoms with E-state index in [0.29, 0.717) is 12.1 Å². The second kappa shape index (κ2) is 6.72. The van der Waals surface area contributed by atoms with Crippen LogP contribution in [0.4, 0.5) is 5.69 Å². The van der Waals surface area contributed by atoms with Crippen LogP contribution in [0.3, 0.4) is 0 Å². The maximum atomic E-state index is 12.3. The Morgan fingerprint density at radius 3 is 2.65 bits per heavy atom. The predicted molar refractivity (Wildman–Crippen MR) is 80.0 cm³/mol. The highest BCUT2D eigenvalue weighted by Gasteiger charge is 2.24. The first-order valence-electron chi connectivity index (χ1n) is 6.06. The number of oxime groups is 1. The monoisotopic (exact) mass is 289 g/mol. The van der Waals surface area contributed by atoms with Crippen molar-refractivity contribution in [3.63, 3.8) is 0 Å². The summed E-state index contributed by atoms with van der Waals surface area (Å²) in [6.07, 6.45) is 0.409. The average molecular weight is 289 g/mol. The molecule has 1 heterocycles. The van der Waals surface area contributed by atoms with E-state index in [9.17, 15) is 4.79 Å². The quantitative estimate of drug-likeness (QED) is 0.341. The zero-order valence-corrected chi connectivity index (χ0v) is 11.5. The van der Waals surface area contributed by atoms with Gasteiger partial charge < -0.3 is 16.3 Å². The molecule has 20 heavy (non-hydrogen) atoms. The van der Waals surface area contributed by atoms with Gasteiger partial charge in [0, 0.05) is 17.0 Å². The summed E-state index contributed by atoms with van der Waals surface area (Å²) in [5.74, 6) is -1.08. The molecule has 0 bridgehead atoms. The third kappa shape index (κ3) is 3.58. The lowest BCUT2D eigenvalue weighted by atomic mass is 10.0. The van der Waals surface area contributed by atoms with Gasteiger partial charge in [-0.3, -0.25) is 4.79 Å². The molecule has 4 N–H and O–H groups in total. The first kappa shape index (κ1) is 14.1. The number of nitrogens with two attached hydrogens (primary N) is 1. The topological polar surface area (TPSA) is 87.7 Å². The van der Waals surface area contributed by atoms with E-state index < -0.39 is 5.92 Å². The lowest BCUT2D eigenvalue weighted by Gasteiger charge is -2.14. The molecule has 1 amide bonds. The van der Waals surface area contributed by atoms with Gasteiger partial charge in [-0.05, 0) is 23.6 Å². The molecule has 0 saturated carbocycles. The van der Waals surface area contributed by atoms with Crippen molar-refractivity contribution >= 4 is 28.8 Å². The second-order valence-electron chi connectivity index (χ2n) is 4.22. The summed E-state index contributed by atoms with van der Waals surface area (Å²) in [6, 6.07) is 12.9. The van der Waals surface area contributed by atoms with E-state index >= 15 is 0 Å². The zero-order chi connectivity index (χ0) is 14.4. The Labute approximate surface area is 120 Å². The van der Waals surface area contributed by atoms with Crippen molar-refractivity contribution in [1.29, 1.82) is 0 Å². The lowest BCUT2D eigenvalue weighted by molar-refractivity contribution is -0.118. The van der Waals surface area contributed by atoms with Gasteiger partial charge in [-0.25, -0.2) is 0 Å². The van der Waals surface area contributed by atoms with E-state index in [1.807, 2.05) is 35.7 Å². The second-order valence-corrected chi connectivity index (χ2v) is 5.25. The minimum atomic E-state index is -0.696. The van der Waals surface area contributed by atoms with E-state index in [1.54, 1.807) is 12.1 Å². The number of nitrogens with one attached hydrogen (secondary N) is 1. The highest BCUT2D eigenvalue weighted by molar-refractivity contribution is 7.09. The summed E-state index contributed by atoms with van der Waals surface area (Å²) in [7, 11) is 0. The van der Waals surface area contributed by atoms with Crippen LogP contribution in [0.25, 0.3) is 0 Å². The van der Waals surface area contributed by atoms with Crippen molar-refractivity contribution in [3.8, 4) is 0 Å². The molecular weight excluding hydrogens is 274 g/mol. The number of para-hydroxylation sites is 1. The molecule has 0 saturated heterocycles. The number of nitrogens with zero attached hydrogens (tertiary/aromatic N) is 1. The Morgan fingerprint density at radius 2 is 2.05 bits per heavy atom. The summed E-state index contributed by atoms with van der Waals surface area (Å²) in [5.41, 5.74) is 6.31. The van der Waals surface area contributed by atoms with Gasteiger partial charge in [-0.15, -0.1) is 11.3 Å². The average Bonchev–Trinajstić information content (AvgIpc) is 2.98. The fourth-order valence-electron chi connectivity index (χ4n) is 1.78. The number of carbonyl (C=O) groups is 1. The highest BCUT2D eigenvalue weighted by atomic mass is 32.1. The summed E-state index contributed by atoms with van der Waals surface area (Å²) < 4.78 is 0. The summed E-state index contributed by atoms with van der Waals surface area (Å²) in [6.45, 7) is 0. The van der Waals surface area contributed by atoms with Crippen LogP contribution < -0.4 is 11.1 Å². The molecule has 0 aliphatic carbocycles. The van der Waals surface area contributed by atoms with Gasteiger partial charge in [0.2, 0.25) is 5.91 Å².